The van der Waals surface area contributed by atoms with Gasteiger partial charge >= 0.3 is 0 Å². The largest absolute Gasteiger partial charge is 0.497 e. The number of nitrogens with one attached hydrogen (secondary N) is 1. The first-order chi connectivity index (χ1) is 18.7. The highest BCUT2D eigenvalue weighted by molar-refractivity contribution is 7.92. The molecule has 3 aromatic carbocycles. The van der Waals surface area contributed by atoms with Crippen molar-refractivity contribution >= 4 is 33.5 Å². The summed E-state index contributed by atoms with van der Waals surface area (Å²) in [6.07, 6.45) is 1.26. The fourth-order valence-electron chi connectivity index (χ4n) is 3.56. The standard InChI is InChI=1S/C27H24N4O7S/c1-19-3-14-25(15-4-19)39(35,36)30(21-9-11-23(37-2)12-10-21)18-27(32)29-28-17-24-13-16-26(38-24)20-5-7-22(8-6-20)31(33)34/h3-17H,18H2,1-2H3,(H,29,32). The van der Waals surface area contributed by atoms with Gasteiger partial charge in [0.25, 0.3) is 21.6 Å². The van der Waals surface area contributed by atoms with E-state index in [1.165, 1.54) is 37.6 Å². The van der Waals surface area contributed by atoms with E-state index in [-0.39, 0.29) is 16.3 Å². The number of carbonyl (C=O) groups is 1. The third kappa shape index (κ3) is 6.48. The van der Waals surface area contributed by atoms with Gasteiger partial charge in [-0.05, 0) is 67.6 Å². The normalized spacial score (nSPS) is 11.3. The minimum Gasteiger partial charge on any atom is -0.497 e. The van der Waals surface area contributed by atoms with Crippen LogP contribution in [0, 0.1) is 17.0 Å². The molecular formula is C27H24N4O7S. The second kappa shape index (κ2) is 11.6. The van der Waals surface area contributed by atoms with Gasteiger partial charge in [0.15, 0.2) is 0 Å². The van der Waals surface area contributed by atoms with Crippen molar-refractivity contribution in [1.29, 1.82) is 0 Å². The van der Waals surface area contributed by atoms with Crippen molar-refractivity contribution < 1.29 is 27.3 Å². The number of ether oxygens (including phenoxy) is 1. The van der Waals surface area contributed by atoms with Crippen LogP contribution in [0.2, 0.25) is 0 Å². The molecule has 11 nitrogen and oxygen atoms in total. The zero-order valence-corrected chi connectivity index (χ0v) is 21.8. The highest BCUT2D eigenvalue weighted by atomic mass is 32.2. The van der Waals surface area contributed by atoms with Crippen LogP contribution in [0.5, 0.6) is 5.75 Å². The molecule has 0 aliphatic rings. The van der Waals surface area contributed by atoms with Gasteiger partial charge < -0.3 is 9.15 Å². The predicted molar refractivity (Wildman–Crippen MR) is 145 cm³/mol. The fourth-order valence-corrected chi connectivity index (χ4v) is 4.98. The number of anilines is 1. The summed E-state index contributed by atoms with van der Waals surface area (Å²) < 4.78 is 38.7. The average Bonchev–Trinajstić information content (AvgIpc) is 3.41. The van der Waals surface area contributed by atoms with Crippen LogP contribution in [0.25, 0.3) is 11.3 Å². The van der Waals surface area contributed by atoms with Gasteiger partial charge in [0, 0.05) is 17.7 Å². The summed E-state index contributed by atoms with van der Waals surface area (Å²) in [4.78, 5) is 23.1. The molecule has 4 rings (SSSR count). The molecule has 0 saturated carbocycles. The van der Waals surface area contributed by atoms with Gasteiger partial charge in [0.05, 0.1) is 28.8 Å². The number of hydrazone groups is 1. The molecule has 200 valence electrons. The van der Waals surface area contributed by atoms with Crippen LogP contribution >= 0.6 is 0 Å². The Labute approximate surface area is 224 Å². The Balaban J connectivity index is 1.48. The Morgan fingerprint density at radius 3 is 2.31 bits per heavy atom. The number of carbonyl (C=O) groups excluding carboxylic acids is 1. The molecule has 1 amide bonds. The second-order valence-electron chi connectivity index (χ2n) is 8.32. The molecule has 1 heterocycles. The Morgan fingerprint density at radius 2 is 1.69 bits per heavy atom. The predicted octanol–water partition coefficient (Wildman–Crippen LogP) is 4.52. The van der Waals surface area contributed by atoms with E-state index in [4.69, 9.17) is 9.15 Å². The smallest absolute Gasteiger partial charge is 0.269 e. The van der Waals surface area contributed by atoms with Gasteiger partial charge in [-0.3, -0.25) is 19.2 Å². The van der Waals surface area contributed by atoms with Gasteiger partial charge in [-0.15, -0.1) is 0 Å². The zero-order chi connectivity index (χ0) is 28.0. The van der Waals surface area contributed by atoms with Gasteiger partial charge in [-0.1, -0.05) is 17.7 Å². The molecule has 39 heavy (non-hydrogen) atoms. The summed E-state index contributed by atoms with van der Waals surface area (Å²) in [7, 11) is -2.58. The lowest BCUT2D eigenvalue weighted by molar-refractivity contribution is -0.384. The lowest BCUT2D eigenvalue weighted by Gasteiger charge is -2.24. The number of non-ortho nitro benzene ring substituents is 1. The number of methoxy groups -OCH3 is 1. The highest BCUT2D eigenvalue weighted by Gasteiger charge is 2.27. The lowest BCUT2D eigenvalue weighted by atomic mass is 10.1. The van der Waals surface area contributed by atoms with E-state index in [9.17, 15) is 23.3 Å². The summed E-state index contributed by atoms with van der Waals surface area (Å²) in [5.41, 5.74) is 4.07. The molecule has 0 aliphatic carbocycles. The maximum Gasteiger partial charge on any atom is 0.269 e. The van der Waals surface area contributed by atoms with Crippen LogP contribution in [0.15, 0.2) is 99.3 Å². The summed E-state index contributed by atoms with van der Waals surface area (Å²) in [6, 6.07) is 21.7. The van der Waals surface area contributed by atoms with E-state index >= 15 is 0 Å². The summed E-state index contributed by atoms with van der Waals surface area (Å²) >= 11 is 0. The lowest BCUT2D eigenvalue weighted by Crippen LogP contribution is -2.39. The van der Waals surface area contributed by atoms with Crippen LogP contribution < -0.4 is 14.5 Å². The molecule has 0 saturated heterocycles. The Bertz CT molecular complexity index is 1600. The minimum absolute atomic E-state index is 0.0366. The molecular weight excluding hydrogens is 524 g/mol. The number of hydrogen-bond acceptors (Lipinski definition) is 8. The number of benzene rings is 3. The Hall–Kier alpha value is -4.97. The Morgan fingerprint density at radius 1 is 1.03 bits per heavy atom. The molecule has 0 spiro atoms. The second-order valence-corrected chi connectivity index (χ2v) is 10.2. The number of amides is 1. The first kappa shape index (κ1) is 27.1. The molecule has 4 aromatic rings. The molecule has 1 aromatic heterocycles. The van der Waals surface area contributed by atoms with Crippen LogP contribution in [0.4, 0.5) is 11.4 Å². The molecule has 0 unspecified atom stereocenters. The van der Waals surface area contributed by atoms with E-state index < -0.39 is 27.4 Å². The number of rotatable bonds is 10. The van der Waals surface area contributed by atoms with Crippen molar-refractivity contribution in [2.45, 2.75) is 11.8 Å². The Kier molecular flexibility index (Phi) is 8.06. The molecule has 0 aliphatic heterocycles. The molecule has 12 heteroatoms. The molecule has 1 N–H and O–H groups in total. The van der Waals surface area contributed by atoms with E-state index in [0.717, 1.165) is 9.87 Å². The van der Waals surface area contributed by atoms with Gasteiger partial charge in [-0.2, -0.15) is 5.10 Å². The number of sulfonamides is 1. The van der Waals surface area contributed by atoms with Crippen LogP contribution in [0.3, 0.4) is 0 Å². The number of nitro benzene ring substituents is 1. The number of aryl methyl sites for hydroxylation is 1. The molecule has 0 atom stereocenters. The average molecular weight is 549 g/mol. The zero-order valence-electron chi connectivity index (χ0n) is 21.0. The van der Waals surface area contributed by atoms with Gasteiger partial charge in [0.2, 0.25) is 0 Å². The SMILES string of the molecule is COc1ccc(N(CC(=O)NN=Cc2ccc(-c3ccc([N+](=O)[O-])cc3)o2)S(=O)(=O)c2ccc(C)cc2)cc1. The quantitative estimate of drug-likeness (QED) is 0.174. The number of hydrogen-bond donors (Lipinski definition) is 1. The third-order valence-electron chi connectivity index (χ3n) is 5.63. The van der Waals surface area contributed by atoms with E-state index in [2.05, 4.69) is 10.5 Å². The van der Waals surface area contributed by atoms with Crippen molar-refractivity contribution in [2.75, 3.05) is 18.0 Å². The van der Waals surface area contributed by atoms with Crippen molar-refractivity contribution in [3.05, 3.63) is 106 Å². The van der Waals surface area contributed by atoms with Crippen molar-refractivity contribution in [3.8, 4) is 17.1 Å². The van der Waals surface area contributed by atoms with Crippen LogP contribution in [-0.4, -0.2) is 39.1 Å². The monoisotopic (exact) mass is 548 g/mol. The number of furan rings is 1. The maximum absolute atomic E-state index is 13.4. The van der Waals surface area contributed by atoms with Gasteiger partial charge in [-0.25, -0.2) is 13.8 Å². The molecule has 0 fully saturated rings. The highest BCUT2D eigenvalue weighted by Crippen LogP contribution is 2.26. The topological polar surface area (TPSA) is 144 Å². The minimum atomic E-state index is -4.08. The van der Waals surface area contributed by atoms with Crippen LogP contribution in [0.1, 0.15) is 11.3 Å². The summed E-state index contributed by atoms with van der Waals surface area (Å²) in [6.45, 7) is 1.31. The molecule has 0 bridgehead atoms. The van der Waals surface area contributed by atoms with Crippen molar-refractivity contribution in [1.82, 2.24) is 5.43 Å². The van der Waals surface area contributed by atoms with Crippen LogP contribution in [-0.2, 0) is 14.8 Å². The summed E-state index contributed by atoms with van der Waals surface area (Å²) in [5, 5.41) is 14.7. The van der Waals surface area contributed by atoms with Crippen molar-refractivity contribution in [3.63, 3.8) is 0 Å². The maximum atomic E-state index is 13.4. The fraction of sp³-hybridized carbons (Fsp3) is 0.111. The van der Waals surface area contributed by atoms with Gasteiger partial charge in [0.1, 0.15) is 23.8 Å². The third-order valence-corrected chi connectivity index (χ3v) is 7.42. The van der Waals surface area contributed by atoms with E-state index in [1.807, 2.05) is 6.92 Å². The first-order valence-electron chi connectivity index (χ1n) is 11.6. The molecule has 0 radical (unpaired) electrons. The number of nitro groups is 1. The van der Waals surface area contributed by atoms with Crippen molar-refractivity contribution in [2.24, 2.45) is 5.10 Å². The first-order valence-corrected chi connectivity index (χ1v) is 13.0. The van der Waals surface area contributed by atoms with E-state index in [0.29, 0.717) is 22.8 Å². The van der Waals surface area contributed by atoms with E-state index in [1.54, 1.807) is 60.7 Å². The summed E-state index contributed by atoms with van der Waals surface area (Å²) in [5.74, 6) is 0.613. The number of nitrogens with zero attached hydrogens (tertiary/aromatic N) is 3.